The molecule has 3 rings (SSSR count). The number of fused-ring (bicyclic) bond motifs is 1. The van der Waals surface area contributed by atoms with Crippen LogP contribution in [-0.4, -0.2) is 34.0 Å². The van der Waals surface area contributed by atoms with Gasteiger partial charge in [0.05, 0.1) is 17.2 Å². The minimum absolute atomic E-state index is 0.701. The van der Waals surface area contributed by atoms with Crippen LogP contribution in [0.25, 0.3) is 0 Å². The minimum Gasteiger partial charge on any atom is -0.365 e. The molecule has 1 unspecified atom stereocenters. The third kappa shape index (κ3) is 1.06. The maximum atomic E-state index is 10.6. The van der Waals surface area contributed by atoms with Crippen LogP contribution in [0.3, 0.4) is 0 Å². The second-order valence-electron chi connectivity index (χ2n) is 3.40. The second kappa shape index (κ2) is 2.98. The molecule has 0 radical (unpaired) electrons. The molecule has 0 amide bonds. The van der Waals surface area contributed by atoms with Gasteiger partial charge in [-0.25, -0.2) is 0 Å². The highest BCUT2D eigenvalue weighted by molar-refractivity contribution is 8.14. The van der Waals surface area contributed by atoms with E-state index in [1.54, 1.807) is 23.1 Å². The van der Waals surface area contributed by atoms with Crippen LogP contribution in [0.5, 0.6) is 0 Å². The van der Waals surface area contributed by atoms with Crippen molar-refractivity contribution < 1.29 is 5.11 Å². The van der Waals surface area contributed by atoms with Crippen molar-refractivity contribution in [2.45, 2.75) is 5.72 Å². The number of amidine groups is 1. The van der Waals surface area contributed by atoms with Crippen LogP contribution in [0.4, 0.5) is 0 Å². The summed E-state index contributed by atoms with van der Waals surface area (Å²) < 4.78 is 0. The molecule has 14 heavy (non-hydrogen) atoms. The average Bonchev–Trinajstić information content (AvgIpc) is 2.84. The van der Waals surface area contributed by atoms with E-state index in [4.69, 9.17) is 0 Å². The first kappa shape index (κ1) is 8.76. The first-order valence-corrected chi connectivity index (χ1v) is 6.38. The lowest BCUT2D eigenvalue weighted by Crippen LogP contribution is -2.43. The van der Waals surface area contributed by atoms with Gasteiger partial charge in [0.15, 0.2) is 10.9 Å². The van der Waals surface area contributed by atoms with Crippen molar-refractivity contribution in [2.24, 2.45) is 4.99 Å². The van der Waals surface area contributed by atoms with E-state index >= 15 is 0 Å². The van der Waals surface area contributed by atoms with Gasteiger partial charge in [-0.05, 0) is 11.4 Å². The molecule has 1 aromatic rings. The fourth-order valence-electron chi connectivity index (χ4n) is 1.85. The topological polar surface area (TPSA) is 35.8 Å². The van der Waals surface area contributed by atoms with Crippen LogP contribution in [0.1, 0.15) is 4.88 Å². The van der Waals surface area contributed by atoms with Gasteiger partial charge in [-0.3, -0.25) is 4.99 Å². The Morgan fingerprint density at radius 3 is 3.29 bits per heavy atom. The Kier molecular flexibility index (Phi) is 1.87. The van der Waals surface area contributed by atoms with Gasteiger partial charge >= 0.3 is 0 Å². The Bertz CT molecular complexity index is 376. The summed E-state index contributed by atoms with van der Waals surface area (Å²) in [6.07, 6.45) is 0. The molecule has 0 spiro atoms. The zero-order valence-electron chi connectivity index (χ0n) is 7.51. The van der Waals surface area contributed by atoms with E-state index in [1.807, 2.05) is 22.4 Å². The van der Waals surface area contributed by atoms with Crippen molar-refractivity contribution >= 4 is 28.3 Å². The van der Waals surface area contributed by atoms with Crippen LogP contribution in [0.2, 0.25) is 0 Å². The molecule has 5 heteroatoms. The van der Waals surface area contributed by atoms with E-state index in [9.17, 15) is 5.11 Å². The van der Waals surface area contributed by atoms with Crippen LogP contribution in [0.15, 0.2) is 22.5 Å². The van der Waals surface area contributed by atoms with Gasteiger partial charge in [0.2, 0.25) is 0 Å². The van der Waals surface area contributed by atoms with Gasteiger partial charge < -0.3 is 10.0 Å². The SMILES string of the molecule is OC1(c2cccs2)CSC2=NCCN21. The van der Waals surface area contributed by atoms with E-state index in [1.165, 1.54) is 0 Å². The number of thioether (sulfide) groups is 1. The fourth-order valence-corrected chi connectivity index (χ4v) is 3.99. The van der Waals surface area contributed by atoms with Crippen LogP contribution in [-0.2, 0) is 5.72 Å². The lowest BCUT2D eigenvalue weighted by atomic mass is 10.2. The number of hydrogen-bond acceptors (Lipinski definition) is 5. The largest absolute Gasteiger partial charge is 0.365 e. The quantitative estimate of drug-likeness (QED) is 0.784. The molecule has 2 aliphatic rings. The number of nitrogens with zero attached hydrogens (tertiary/aromatic N) is 2. The van der Waals surface area contributed by atoms with Crippen molar-refractivity contribution in [3.63, 3.8) is 0 Å². The minimum atomic E-state index is -0.797. The molecule has 0 aliphatic carbocycles. The van der Waals surface area contributed by atoms with E-state index < -0.39 is 5.72 Å². The number of aliphatic hydroxyl groups is 1. The van der Waals surface area contributed by atoms with E-state index in [0.29, 0.717) is 5.75 Å². The third-order valence-electron chi connectivity index (χ3n) is 2.57. The number of hydrogen-bond donors (Lipinski definition) is 1. The Morgan fingerprint density at radius 2 is 2.50 bits per heavy atom. The van der Waals surface area contributed by atoms with Crippen molar-refractivity contribution in [1.82, 2.24) is 4.90 Å². The molecule has 0 bridgehead atoms. The van der Waals surface area contributed by atoms with E-state index in [-0.39, 0.29) is 0 Å². The highest BCUT2D eigenvalue weighted by Gasteiger charge is 2.46. The Morgan fingerprint density at radius 1 is 1.57 bits per heavy atom. The van der Waals surface area contributed by atoms with Crippen LogP contribution >= 0.6 is 23.1 Å². The van der Waals surface area contributed by atoms with E-state index in [2.05, 4.69) is 4.99 Å². The normalized spacial score (nSPS) is 30.6. The summed E-state index contributed by atoms with van der Waals surface area (Å²) in [5.74, 6) is 0.701. The zero-order chi connectivity index (χ0) is 9.60. The molecular formula is C9H10N2OS2. The van der Waals surface area contributed by atoms with Crippen LogP contribution in [0, 0.1) is 0 Å². The molecular weight excluding hydrogens is 216 g/mol. The molecule has 0 aromatic carbocycles. The molecule has 74 valence electrons. The Balaban J connectivity index is 2.02. The van der Waals surface area contributed by atoms with Crippen molar-refractivity contribution in [1.29, 1.82) is 0 Å². The standard InChI is InChI=1S/C9H10N2OS2/c12-9(7-2-1-5-13-7)6-14-8-10-3-4-11(8)9/h1-2,5,12H,3-4,6H2. The van der Waals surface area contributed by atoms with Crippen molar-refractivity contribution in [3.8, 4) is 0 Å². The maximum absolute atomic E-state index is 10.6. The second-order valence-corrected chi connectivity index (χ2v) is 5.29. The summed E-state index contributed by atoms with van der Waals surface area (Å²) >= 11 is 3.26. The number of aliphatic imine (C=N–C) groups is 1. The van der Waals surface area contributed by atoms with Crippen molar-refractivity contribution in [2.75, 3.05) is 18.8 Å². The van der Waals surface area contributed by atoms with E-state index in [0.717, 1.165) is 23.1 Å². The predicted octanol–water partition coefficient (Wildman–Crippen LogP) is 1.31. The molecule has 1 atom stereocenters. The number of rotatable bonds is 1. The van der Waals surface area contributed by atoms with Crippen LogP contribution < -0.4 is 0 Å². The van der Waals surface area contributed by atoms with Gasteiger partial charge in [0.25, 0.3) is 0 Å². The summed E-state index contributed by atoms with van der Waals surface area (Å²) in [5.41, 5.74) is -0.797. The Hall–Kier alpha value is -0.520. The van der Waals surface area contributed by atoms with Gasteiger partial charge in [-0.1, -0.05) is 17.8 Å². The predicted molar refractivity (Wildman–Crippen MR) is 59.7 cm³/mol. The average molecular weight is 226 g/mol. The van der Waals surface area contributed by atoms with Gasteiger partial charge in [-0.2, -0.15) is 0 Å². The summed E-state index contributed by atoms with van der Waals surface area (Å²) in [6, 6.07) is 3.97. The lowest BCUT2D eigenvalue weighted by Gasteiger charge is -2.30. The first-order chi connectivity index (χ1) is 6.81. The number of thiophene rings is 1. The van der Waals surface area contributed by atoms with Gasteiger partial charge in [0.1, 0.15) is 0 Å². The summed E-state index contributed by atoms with van der Waals surface area (Å²) in [7, 11) is 0. The van der Waals surface area contributed by atoms with Crippen molar-refractivity contribution in [3.05, 3.63) is 22.4 Å². The monoisotopic (exact) mass is 226 g/mol. The smallest absolute Gasteiger partial charge is 0.185 e. The Labute approximate surface area is 90.5 Å². The highest BCUT2D eigenvalue weighted by atomic mass is 32.2. The van der Waals surface area contributed by atoms with Gasteiger partial charge in [0, 0.05) is 6.54 Å². The molecule has 1 aromatic heterocycles. The molecule has 1 saturated heterocycles. The fraction of sp³-hybridized carbons (Fsp3) is 0.444. The molecule has 0 saturated carbocycles. The highest BCUT2D eigenvalue weighted by Crippen LogP contribution is 2.41. The third-order valence-corrected chi connectivity index (χ3v) is 4.73. The molecule has 2 aliphatic heterocycles. The molecule has 1 fully saturated rings. The zero-order valence-corrected chi connectivity index (χ0v) is 9.14. The molecule has 1 N–H and O–H groups in total. The summed E-state index contributed by atoms with van der Waals surface area (Å²) in [6.45, 7) is 1.66. The first-order valence-electron chi connectivity index (χ1n) is 4.52. The van der Waals surface area contributed by atoms with Gasteiger partial charge in [-0.15, -0.1) is 11.3 Å². The summed E-state index contributed by atoms with van der Waals surface area (Å²) in [5, 5.41) is 13.6. The molecule has 3 nitrogen and oxygen atoms in total. The summed E-state index contributed by atoms with van der Waals surface area (Å²) in [4.78, 5) is 7.40. The maximum Gasteiger partial charge on any atom is 0.185 e. The molecule has 3 heterocycles. The lowest BCUT2D eigenvalue weighted by molar-refractivity contribution is -0.0392.